The molecule has 130 valence electrons. The molecule has 0 aliphatic heterocycles. The van der Waals surface area contributed by atoms with Crippen molar-refractivity contribution in [2.75, 3.05) is 13.7 Å². The lowest BCUT2D eigenvalue weighted by Gasteiger charge is -2.13. The number of rotatable bonds is 6. The molecule has 0 aliphatic rings. The van der Waals surface area contributed by atoms with Crippen LogP contribution in [0.15, 0.2) is 4.99 Å². The van der Waals surface area contributed by atoms with Gasteiger partial charge in [0.15, 0.2) is 17.5 Å². The first-order valence-electron chi connectivity index (χ1n) is 6.63. The molecule has 0 saturated heterocycles. The molecule has 1 aromatic rings. The van der Waals surface area contributed by atoms with Crippen LogP contribution in [0, 0.1) is 40.4 Å². The van der Waals surface area contributed by atoms with Gasteiger partial charge in [0.25, 0.3) is 0 Å². The van der Waals surface area contributed by atoms with E-state index in [0.717, 1.165) is 13.1 Å². The van der Waals surface area contributed by atoms with Crippen molar-refractivity contribution in [1.82, 2.24) is 0 Å². The van der Waals surface area contributed by atoms with Crippen LogP contribution in [0.25, 0.3) is 0 Å². The lowest BCUT2D eigenvalue weighted by molar-refractivity contribution is -0.388. The van der Waals surface area contributed by atoms with Gasteiger partial charge in [0, 0.05) is 18.8 Å². The largest absolute Gasteiger partial charge is 0.465 e. The molecular weight excluding hydrogens is 333 g/mol. The Morgan fingerprint density at radius 2 is 1.88 bits per heavy atom. The first-order valence-corrected chi connectivity index (χ1v) is 6.63. The monoisotopic (exact) mass is 346 g/mol. The van der Waals surface area contributed by atoms with Crippen LogP contribution in [0.2, 0.25) is 0 Å². The Morgan fingerprint density at radius 1 is 1.29 bits per heavy atom. The van der Waals surface area contributed by atoms with Gasteiger partial charge in [-0.15, -0.1) is 0 Å². The summed E-state index contributed by atoms with van der Waals surface area (Å²) in [5.74, 6) is -9.82. The predicted octanol–water partition coefficient (Wildman–Crippen LogP) is 2.38. The molecular formula is C14H13F3N2O5. The van der Waals surface area contributed by atoms with Gasteiger partial charge >= 0.3 is 11.7 Å². The summed E-state index contributed by atoms with van der Waals surface area (Å²) in [4.78, 5) is 37.2. The summed E-state index contributed by atoms with van der Waals surface area (Å²) >= 11 is 0. The molecule has 0 saturated carbocycles. The second-order valence-corrected chi connectivity index (χ2v) is 4.55. The quantitative estimate of drug-likeness (QED) is 0.150. The van der Waals surface area contributed by atoms with Crippen LogP contribution in [-0.4, -0.2) is 36.5 Å². The summed E-state index contributed by atoms with van der Waals surface area (Å²) in [6.45, 7) is 2.12. The number of Topliss-reactive ketones (excluding diaryl/α,β-unsaturated/α-hetero) is 1. The summed E-state index contributed by atoms with van der Waals surface area (Å²) in [7, 11) is 1.20. The Hall–Kier alpha value is -2.78. The molecule has 0 aliphatic carbocycles. The third-order valence-electron chi connectivity index (χ3n) is 3.07. The lowest BCUT2D eigenvalue weighted by atomic mass is 9.94. The molecule has 0 heterocycles. The van der Waals surface area contributed by atoms with Gasteiger partial charge in [-0.1, -0.05) is 0 Å². The standard InChI is InChI=1S/C14H13F3N2O5/c1-4-24-14(21)7(5-18-3)13(20)8-9(15)6(2)10(16)11(17)12(8)19(22)23/h5,7H,4H2,1-3H3. The molecule has 0 spiro atoms. The normalized spacial score (nSPS) is 12.2. The fourth-order valence-corrected chi connectivity index (χ4v) is 1.93. The Kier molecular flexibility index (Phi) is 6.15. The topological polar surface area (TPSA) is 98.9 Å². The van der Waals surface area contributed by atoms with E-state index in [1.165, 1.54) is 14.0 Å². The molecule has 0 bridgehead atoms. The fraction of sp³-hybridized carbons (Fsp3) is 0.357. The van der Waals surface area contributed by atoms with E-state index in [2.05, 4.69) is 9.73 Å². The summed E-state index contributed by atoms with van der Waals surface area (Å²) in [5.41, 5.74) is -3.94. The molecule has 1 unspecified atom stereocenters. The minimum Gasteiger partial charge on any atom is -0.465 e. The zero-order valence-electron chi connectivity index (χ0n) is 12.9. The highest BCUT2D eigenvalue weighted by Gasteiger charge is 2.39. The number of hydrogen-bond acceptors (Lipinski definition) is 6. The zero-order valence-corrected chi connectivity index (χ0v) is 12.9. The average Bonchev–Trinajstić information content (AvgIpc) is 2.52. The van der Waals surface area contributed by atoms with Crippen molar-refractivity contribution < 1.29 is 32.4 Å². The van der Waals surface area contributed by atoms with Crippen LogP contribution < -0.4 is 0 Å². The van der Waals surface area contributed by atoms with Crippen LogP contribution in [0.3, 0.4) is 0 Å². The highest BCUT2D eigenvalue weighted by molar-refractivity contribution is 6.20. The molecule has 1 aromatic carbocycles. The van der Waals surface area contributed by atoms with Crippen LogP contribution in [0.1, 0.15) is 22.8 Å². The SMILES string of the molecule is CCOC(=O)C(C=NC)C(=O)c1c(F)c(C)c(F)c(F)c1[N+](=O)[O-]. The van der Waals surface area contributed by atoms with E-state index < -0.39 is 56.9 Å². The molecule has 0 fully saturated rings. The number of esters is 1. The van der Waals surface area contributed by atoms with Crippen molar-refractivity contribution in [2.24, 2.45) is 10.9 Å². The smallest absolute Gasteiger partial charge is 0.322 e. The number of carbonyl (C=O) groups is 2. The van der Waals surface area contributed by atoms with Gasteiger partial charge in [0.05, 0.1) is 11.5 Å². The van der Waals surface area contributed by atoms with Crippen molar-refractivity contribution in [1.29, 1.82) is 0 Å². The lowest BCUT2D eigenvalue weighted by Crippen LogP contribution is -2.29. The number of benzene rings is 1. The highest BCUT2D eigenvalue weighted by atomic mass is 19.2. The number of hydrogen-bond donors (Lipinski definition) is 0. The summed E-state index contributed by atoms with van der Waals surface area (Å²) in [5, 5.41) is 11.0. The predicted molar refractivity (Wildman–Crippen MR) is 76.6 cm³/mol. The molecule has 0 aromatic heterocycles. The minimum atomic E-state index is -1.99. The summed E-state index contributed by atoms with van der Waals surface area (Å²) in [6.07, 6.45) is 0.778. The molecule has 0 N–H and O–H groups in total. The van der Waals surface area contributed by atoms with E-state index in [4.69, 9.17) is 0 Å². The van der Waals surface area contributed by atoms with E-state index in [9.17, 15) is 32.9 Å². The number of carbonyl (C=O) groups excluding carboxylic acids is 2. The maximum absolute atomic E-state index is 14.2. The molecule has 1 rings (SSSR count). The Morgan fingerprint density at radius 3 is 2.33 bits per heavy atom. The minimum absolute atomic E-state index is 0.123. The number of nitrogens with zero attached hydrogens (tertiary/aromatic N) is 2. The first-order chi connectivity index (χ1) is 11.2. The molecule has 0 amide bonds. The fourth-order valence-electron chi connectivity index (χ4n) is 1.93. The molecule has 1 atom stereocenters. The zero-order chi connectivity index (χ0) is 18.6. The summed E-state index contributed by atoms with van der Waals surface area (Å²) < 4.78 is 46.2. The van der Waals surface area contributed by atoms with Crippen molar-refractivity contribution >= 4 is 23.7 Å². The molecule has 10 heteroatoms. The second-order valence-electron chi connectivity index (χ2n) is 4.55. The highest BCUT2D eigenvalue weighted by Crippen LogP contribution is 2.32. The van der Waals surface area contributed by atoms with Gasteiger partial charge < -0.3 is 4.74 Å². The van der Waals surface area contributed by atoms with Crippen molar-refractivity contribution in [2.45, 2.75) is 13.8 Å². The van der Waals surface area contributed by atoms with Crippen LogP contribution in [0.5, 0.6) is 0 Å². The summed E-state index contributed by atoms with van der Waals surface area (Å²) in [6, 6.07) is 0. The number of aliphatic imine (C=N–C) groups is 1. The maximum atomic E-state index is 14.2. The van der Waals surface area contributed by atoms with E-state index >= 15 is 0 Å². The van der Waals surface area contributed by atoms with Crippen LogP contribution in [-0.2, 0) is 9.53 Å². The Bertz CT molecular complexity index is 734. The van der Waals surface area contributed by atoms with Gasteiger partial charge in [-0.3, -0.25) is 24.7 Å². The van der Waals surface area contributed by atoms with Gasteiger partial charge in [-0.2, -0.15) is 4.39 Å². The van der Waals surface area contributed by atoms with Gasteiger partial charge in [-0.25, -0.2) is 8.78 Å². The number of nitro benzene ring substituents is 1. The van der Waals surface area contributed by atoms with E-state index in [1.54, 1.807) is 0 Å². The third-order valence-corrected chi connectivity index (χ3v) is 3.07. The van der Waals surface area contributed by atoms with Crippen molar-refractivity contribution in [3.63, 3.8) is 0 Å². The van der Waals surface area contributed by atoms with Crippen molar-refractivity contribution in [3.05, 3.63) is 38.7 Å². The van der Waals surface area contributed by atoms with Gasteiger partial charge in [0.2, 0.25) is 5.82 Å². The number of halogens is 3. The second kappa shape index (κ2) is 7.66. The van der Waals surface area contributed by atoms with Gasteiger partial charge in [-0.05, 0) is 13.8 Å². The Balaban J connectivity index is 3.67. The molecule has 24 heavy (non-hydrogen) atoms. The first kappa shape index (κ1) is 19.3. The number of ketones is 1. The third kappa shape index (κ3) is 3.42. The number of nitro groups is 1. The molecule has 7 nitrogen and oxygen atoms in total. The van der Waals surface area contributed by atoms with E-state index in [1.807, 2.05) is 0 Å². The van der Waals surface area contributed by atoms with Crippen LogP contribution >= 0.6 is 0 Å². The molecule has 0 radical (unpaired) electrons. The van der Waals surface area contributed by atoms with Crippen molar-refractivity contribution in [3.8, 4) is 0 Å². The number of ether oxygens (including phenoxy) is 1. The van der Waals surface area contributed by atoms with Crippen LogP contribution in [0.4, 0.5) is 18.9 Å². The Labute approximate surface area is 134 Å². The van der Waals surface area contributed by atoms with E-state index in [0.29, 0.717) is 0 Å². The van der Waals surface area contributed by atoms with E-state index in [-0.39, 0.29) is 6.61 Å². The van der Waals surface area contributed by atoms with Gasteiger partial charge in [0.1, 0.15) is 11.4 Å². The average molecular weight is 346 g/mol. The maximum Gasteiger partial charge on any atom is 0.322 e.